The van der Waals surface area contributed by atoms with Gasteiger partial charge in [-0.2, -0.15) is 13.2 Å². The molecule has 5 nitrogen and oxygen atoms in total. The third kappa shape index (κ3) is 3.28. The number of carbonyl (C=O) groups is 1. The van der Waals surface area contributed by atoms with E-state index in [0.717, 1.165) is 31.0 Å². The quantitative estimate of drug-likeness (QED) is 0.434. The minimum absolute atomic E-state index is 0.108. The van der Waals surface area contributed by atoms with Gasteiger partial charge in [-0.1, -0.05) is 11.6 Å². The molecule has 0 aromatic heterocycles. The minimum Gasteiger partial charge on any atom is -0.323 e. The van der Waals surface area contributed by atoms with Crippen molar-refractivity contribution in [2.24, 2.45) is 0 Å². The van der Waals surface area contributed by atoms with Gasteiger partial charge in [-0.05, 0) is 37.5 Å². The van der Waals surface area contributed by atoms with Crippen molar-refractivity contribution >= 4 is 29.5 Å². The number of rotatable bonds is 5. The van der Waals surface area contributed by atoms with E-state index in [1.54, 1.807) is 7.05 Å². The van der Waals surface area contributed by atoms with Crippen molar-refractivity contribution in [3.8, 4) is 0 Å². The topological polar surface area (TPSA) is 68.2 Å². The highest BCUT2D eigenvalue weighted by Crippen LogP contribution is 2.38. The van der Waals surface area contributed by atoms with E-state index in [1.165, 1.54) is 5.01 Å². The van der Waals surface area contributed by atoms with Gasteiger partial charge in [0.05, 0.1) is 22.6 Å². The number of amides is 1. The minimum atomic E-state index is -4.50. The number of anilines is 1. The van der Waals surface area contributed by atoms with Crippen LogP contribution in [0.3, 0.4) is 0 Å². The van der Waals surface area contributed by atoms with E-state index in [-0.39, 0.29) is 10.7 Å². The Hall–Kier alpha value is -1.80. The van der Waals surface area contributed by atoms with Gasteiger partial charge in [-0.15, -0.1) is 0 Å². The zero-order valence-electron chi connectivity index (χ0n) is 12.3. The highest BCUT2D eigenvalue weighted by atomic mass is 35.5. The number of halogens is 4. The van der Waals surface area contributed by atoms with Gasteiger partial charge in [0.1, 0.15) is 5.54 Å². The zero-order chi connectivity index (χ0) is 17.3. The number of benzene rings is 1. The molecule has 1 aliphatic carbocycles. The molecule has 126 valence electrons. The van der Waals surface area contributed by atoms with Gasteiger partial charge in [0, 0.05) is 7.05 Å². The summed E-state index contributed by atoms with van der Waals surface area (Å²) < 4.78 is 37.9. The fourth-order valence-corrected chi connectivity index (χ4v) is 2.75. The third-order valence-electron chi connectivity index (χ3n) is 3.98. The largest absolute Gasteiger partial charge is 0.416 e. The summed E-state index contributed by atoms with van der Waals surface area (Å²) in [4.78, 5) is 12.5. The summed E-state index contributed by atoms with van der Waals surface area (Å²) in [7, 11) is 1.59. The lowest BCUT2D eigenvalue weighted by molar-refractivity contribution is -0.137. The van der Waals surface area contributed by atoms with Crippen LogP contribution in [0.25, 0.3) is 0 Å². The lowest BCUT2D eigenvalue weighted by Crippen LogP contribution is -2.64. The predicted molar refractivity (Wildman–Crippen MR) is 81.3 cm³/mol. The molecule has 1 saturated carbocycles. The van der Waals surface area contributed by atoms with Crippen molar-refractivity contribution in [3.63, 3.8) is 0 Å². The number of nitrogens with one attached hydrogen (secondary N) is 3. The molecule has 0 heterocycles. The van der Waals surface area contributed by atoms with Crippen molar-refractivity contribution < 1.29 is 18.0 Å². The molecule has 0 unspecified atom stereocenters. The highest BCUT2D eigenvalue weighted by Gasteiger charge is 2.48. The van der Waals surface area contributed by atoms with E-state index in [0.29, 0.717) is 12.8 Å². The molecule has 23 heavy (non-hydrogen) atoms. The average molecular weight is 349 g/mol. The monoisotopic (exact) mass is 348 g/mol. The van der Waals surface area contributed by atoms with E-state index in [4.69, 9.17) is 17.0 Å². The molecule has 2 rings (SSSR count). The van der Waals surface area contributed by atoms with Crippen LogP contribution >= 0.6 is 11.6 Å². The van der Waals surface area contributed by atoms with Crippen LogP contribution in [0.5, 0.6) is 0 Å². The van der Waals surface area contributed by atoms with E-state index >= 15 is 0 Å². The maximum Gasteiger partial charge on any atom is 0.416 e. The summed E-state index contributed by atoms with van der Waals surface area (Å²) in [5, 5.41) is 11.1. The summed E-state index contributed by atoms with van der Waals surface area (Å²) in [5.74, 6) is -0.414. The van der Waals surface area contributed by atoms with Crippen LogP contribution in [0.1, 0.15) is 24.8 Å². The lowest BCUT2D eigenvalue weighted by atomic mass is 9.75. The van der Waals surface area contributed by atoms with Crippen molar-refractivity contribution in [3.05, 3.63) is 28.8 Å². The van der Waals surface area contributed by atoms with E-state index in [1.807, 2.05) is 0 Å². The Morgan fingerprint density at radius 1 is 1.43 bits per heavy atom. The molecule has 9 heteroatoms. The first-order chi connectivity index (χ1) is 10.7. The SMILES string of the molecule is CNN(C=N)C1(C(=O)Nc2ccc(C(F)(F)F)cc2Cl)CCC1. The second kappa shape index (κ2) is 6.37. The van der Waals surface area contributed by atoms with Gasteiger partial charge in [0.2, 0.25) is 0 Å². The fourth-order valence-electron chi connectivity index (χ4n) is 2.52. The van der Waals surface area contributed by atoms with Gasteiger partial charge >= 0.3 is 6.18 Å². The summed E-state index contributed by atoms with van der Waals surface area (Å²) in [6, 6.07) is 2.77. The fraction of sp³-hybridized carbons (Fsp3) is 0.429. The van der Waals surface area contributed by atoms with Gasteiger partial charge in [0.15, 0.2) is 0 Å². The Balaban J connectivity index is 2.21. The van der Waals surface area contributed by atoms with Crippen LogP contribution in [-0.4, -0.2) is 29.8 Å². The average Bonchev–Trinajstić information content (AvgIpc) is 2.43. The van der Waals surface area contributed by atoms with E-state index in [2.05, 4.69) is 10.7 Å². The van der Waals surface area contributed by atoms with Gasteiger partial charge in [-0.25, -0.2) is 5.43 Å². The van der Waals surface area contributed by atoms with Crippen molar-refractivity contribution in [2.45, 2.75) is 31.0 Å². The smallest absolute Gasteiger partial charge is 0.323 e. The normalized spacial score (nSPS) is 16.4. The maximum absolute atomic E-state index is 12.6. The van der Waals surface area contributed by atoms with Gasteiger partial charge in [-0.3, -0.25) is 15.2 Å². The molecule has 0 bridgehead atoms. The van der Waals surface area contributed by atoms with Crippen molar-refractivity contribution in [1.29, 1.82) is 5.41 Å². The summed E-state index contributed by atoms with van der Waals surface area (Å²) in [6.07, 6.45) is -1.60. The van der Waals surface area contributed by atoms with Gasteiger partial charge in [0.25, 0.3) is 5.91 Å². The van der Waals surface area contributed by atoms with E-state index < -0.39 is 23.2 Å². The molecule has 0 atom stereocenters. The summed E-state index contributed by atoms with van der Waals surface area (Å²) >= 11 is 5.85. The molecule has 0 spiro atoms. The third-order valence-corrected chi connectivity index (χ3v) is 4.29. The molecule has 3 N–H and O–H groups in total. The van der Waals surface area contributed by atoms with Crippen LogP contribution in [0, 0.1) is 5.41 Å². The molecule has 0 saturated heterocycles. The Morgan fingerprint density at radius 2 is 2.09 bits per heavy atom. The molecule has 1 aliphatic rings. The molecular weight excluding hydrogens is 333 g/mol. The number of carbonyl (C=O) groups excluding carboxylic acids is 1. The van der Waals surface area contributed by atoms with E-state index in [9.17, 15) is 18.0 Å². The number of hydrogen-bond donors (Lipinski definition) is 3. The Labute approximate surface area is 136 Å². The number of hydrogen-bond acceptors (Lipinski definition) is 3. The molecule has 1 aromatic carbocycles. The predicted octanol–water partition coefficient (Wildman–Crippen LogP) is 3.26. The first-order valence-corrected chi connectivity index (χ1v) is 7.28. The van der Waals surface area contributed by atoms with Crippen LogP contribution in [0.15, 0.2) is 18.2 Å². The van der Waals surface area contributed by atoms with Gasteiger partial charge < -0.3 is 5.32 Å². The summed E-state index contributed by atoms with van der Waals surface area (Å²) in [5.41, 5.74) is 1.05. The molecule has 0 radical (unpaired) electrons. The lowest BCUT2D eigenvalue weighted by Gasteiger charge is -2.46. The molecular formula is C14H16ClF3N4O. The maximum atomic E-state index is 12.6. The number of alkyl halides is 3. The van der Waals surface area contributed by atoms with Crippen molar-refractivity contribution in [2.75, 3.05) is 12.4 Å². The molecule has 0 aliphatic heterocycles. The first kappa shape index (κ1) is 17.6. The van der Waals surface area contributed by atoms with Crippen LogP contribution in [0.4, 0.5) is 18.9 Å². The zero-order valence-corrected chi connectivity index (χ0v) is 13.1. The number of hydrazine groups is 1. The number of nitrogens with zero attached hydrogens (tertiary/aromatic N) is 1. The second-order valence-corrected chi connectivity index (χ2v) is 5.66. The Bertz CT molecular complexity index is 617. The molecule has 1 amide bonds. The van der Waals surface area contributed by atoms with Crippen molar-refractivity contribution in [1.82, 2.24) is 10.4 Å². The summed E-state index contributed by atoms with van der Waals surface area (Å²) in [6.45, 7) is 0. The second-order valence-electron chi connectivity index (χ2n) is 5.25. The van der Waals surface area contributed by atoms with Crippen LogP contribution in [-0.2, 0) is 11.0 Å². The Morgan fingerprint density at radius 3 is 2.48 bits per heavy atom. The first-order valence-electron chi connectivity index (χ1n) is 6.90. The van der Waals surface area contributed by atoms with Crippen LogP contribution in [0.2, 0.25) is 5.02 Å². The highest BCUT2D eigenvalue weighted by molar-refractivity contribution is 6.33. The standard InChI is InChI=1S/C14H16ClF3N4O/c1-20-22(8-19)13(5-2-6-13)12(23)21-11-4-3-9(7-10(11)15)14(16,17)18/h3-4,7-8,19-20H,2,5-6H2,1H3,(H,21,23). The molecule has 1 fully saturated rings. The van der Waals surface area contributed by atoms with Crippen LogP contribution < -0.4 is 10.7 Å². The Kier molecular flexibility index (Phi) is 4.86. The molecule has 1 aromatic rings.